The van der Waals surface area contributed by atoms with Crippen LogP contribution in [0.15, 0.2) is 12.5 Å². The zero-order valence-corrected chi connectivity index (χ0v) is 9.56. The molecule has 0 aliphatic heterocycles. The molecule has 2 rings (SSSR count). The summed E-state index contributed by atoms with van der Waals surface area (Å²) in [5.74, 6) is -1.28. The number of aromatic carboxylic acids is 1. The van der Waals surface area contributed by atoms with Crippen molar-refractivity contribution in [2.24, 2.45) is 7.05 Å². The zero-order chi connectivity index (χ0) is 13.4. The topological polar surface area (TPSA) is 116 Å². The van der Waals surface area contributed by atoms with Gasteiger partial charge in [-0.2, -0.15) is 5.10 Å². The molecular formula is C9H9N5O4. The molecule has 0 atom stereocenters. The maximum Gasteiger partial charge on any atom is 0.381 e. The first kappa shape index (κ1) is 11.8. The molecule has 0 spiro atoms. The van der Waals surface area contributed by atoms with Gasteiger partial charge in [0, 0.05) is 7.05 Å². The Balaban J connectivity index is 2.62. The van der Waals surface area contributed by atoms with E-state index >= 15 is 0 Å². The van der Waals surface area contributed by atoms with E-state index in [9.17, 15) is 14.9 Å². The zero-order valence-electron chi connectivity index (χ0n) is 9.56. The normalized spacial score (nSPS) is 10.6. The van der Waals surface area contributed by atoms with E-state index in [0.29, 0.717) is 5.69 Å². The van der Waals surface area contributed by atoms with Gasteiger partial charge in [0.25, 0.3) is 0 Å². The predicted octanol–water partition coefficient (Wildman–Crippen LogP) is 0.521. The number of carboxylic acids is 1. The molecule has 0 saturated carbocycles. The fraction of sp³-hybridized carbons (Fsp3) is 0.222. The van der Waals surface area contributed by atoms with Gasteiger partial charge in [0.1, 0.15) is 11.8 Å². The first-order chi connectivity index (χ1) is 8.41. The minimum atomic E-state index is -1.15. The molecule has 2 aromatic heterocycles. The molecule has 0 fully saturated rings. The lowest BCUT2D eigenvalue weighted by atomic mass is 10.2. The van der Waals surface area contributed by atoms with Crippen LogP contribution in [0.3, 0.4) is 0 Å². The highest BCUT2D eigenvalue weighted by atomic mass is 16.6. The lowest BCUT2D eigenvalue weighted by Crippen LogP contribution is -2.07. The Hall–Kier alpha value is -2.71. The lowest BCUT2D eigenvalue weighted by molar-refractivity contribution is -0.389. The van der Waals surface area contributed by atoms with Crippen LogP contribution in [0.5, 0.6) is 0 Å². The molecule has 9 nitrogen and oxygen atoms in total. The van der Waals surface area contributed by atoms with Gasteiger partial charge in [0.2, 0.25) is 6.33 Å². The molecule has 0 amide bonds. The summed E-state index contributed by atoms with van der Waals surface area (Å²) in [7, 11) is 1.56. The maximum atomic E-state index is 11.1. The highest BCUT2D eigenvalue weighted by molar-refractivity contribution is 5.92. The Kier molecular flexibility index (Phi) is 2.58. The summed E-state index contributed by atoms with van der Waals surface area (Å²) in [5.41, 5.74) is 0.321. The van der Waals surface area contributed by atoms with Crippen LogP contribution >= 0.6 is 0 Å². The molecule has 0 aliphatic carbocycles. The van der Waals surface area contributed by atoms with Gasteiger partial charge in [-0.25, -0.2) is 4.79 Å². The summed E-state index contributed by atoms with van der Waals surface area (Å²) in [6, 6.07) is 0. The van der Waals surface area contributed by atoms with Crippen molar-refractivity contribution in [3.63, 3.8) is 0 Å². The minimum Gasteiger partial charge on any atom is -0.477 e. The monoisotopic (exact) mass is 251 g/mol. The van der Waals surface area contributed by atoms with E-state index < -0.39 is 10.9 Å². The summed E-state index contributed by atoms with van der Waals surface area (Å²) in [5, 5.41) is 23.6. The third kappa shape index (κ3) is 1.71. The summed E-state index contributed by atoms with van der Waals surface area (Å²) < 4.78 is 2.60. The SMILES string of the molecule is Cc1nn(C)c(-n2cnc([N+](=O)[O-])c2)c1C(=O)O. The van der Waals surface area contributed by atoms with Gasteiger partial charge in [-0.1, -0.05) is 0 Å². The Morgan fingerprint density at radius 1 is 1.56 bits per heavy atom. The molecule has 2 heterocycles. The quantitative estimate of drug-likeness (QED) is 0.627. The van der Waals surface area contributed by atoms with Crippen molar-refractivity contribution < 1.29 is 14.8 Å². The number of carboxylic acid groups (broad SMARTS) is 1. The van der Waals surface area contributed by atoms with Gasteiger partial charge < -0.3 is 15.2 Å². The van der Waals surface area contributed by atoms with Crippen LogP contribution in [-0.2, 0) is 7.05 Å². The molecular weight excluding hydrogens is 242 g/mol. The summed E-state index contributed by atoms with van der Waals surface area (Å²) >= 11 is 0. The molecule has 94 valence electrons. The molecule has 2 aromatic rings. The number of hydrogen-bond donors (Lipinski definition) is 1. The molecule has 0 bridgehead atoms. The van der Waals surface area contributed by atoms with Crippen molar-refractivity contribution in [3.05, 3.63) is 33.9 Å². The van der Waals surface area contributed by atoms with E-state index in [-0.39, 0.29) is 17.2 Å². The second kappa shape index (κ2) is 3.95. The van der Waals surface area contributed by atoms with E-state index in [1.165, 1.54) is 15.6 Å². The Labute approximate surface area is 100 Å². The fourth-order valence-electron chi connectivity index (χ4n) is 1.72. The predicted molar refractivity (Wildman–Crippen MR) is 58.7 cm³/mol. The smallest absolute Gasteiger partial charge is 0.381 e. The minimum absolute atomic E-state index is 0.00945. The number of nitrogens with zero attached hydrogens (tertiary/aromatic N) is 5. The van der Waals surface area contributed by atoms with Gasteiger partial charge in [0.15, 0.2) is 5.82 Å². The van der Waals surface area contributed by atoms with Gasteiger partial charge >= 0.3 is 11.8 Å². The van der Waals surface area contributed by atoms with Crippen LogP contribution in [0.25, 0.3) is 5.82 Å². The van der Waals surface area contributed by atoms with Crippen molar-refractivity contribution in [2.75, 3.05) is 0 Å². The summed E-state index contributed by atoms with van der Waals surface area (Å²) in [4.78, 5) is 24.6. The summed E-state index contributed by atoms with van der Waals surface area (Å²) in [6.45, 7) is 1.55. The van der Waals surface area contributed by atoms with Crippen LogP contribution in [-0.4, -0.2) is 35.3 Å². The molecule has 0 saturated heterocycles. The molecule has 18 heavy (non-hydrogen) atoms. The Bertz CT molecular complexity index is 641. The number of aromatic nitrogens is 4. The van der Waals surface area contributed by atoms with Crippen molar-refractivity contribution in [1.29, 1.82) is 0 Å². The number of hydrogen-bond acceptors (Lipinski definition) is 5. The average molecular weight is 251 g/mol. The van der Waals surface area contributed by atoms with Crippen molar-refractivity contribution in [1.82, 2.24) is 19.3 Å². The molecule has 0 unspecified atom stereocenters. The average Bonchev–Trinajstić information content (AvgIpc) is 2.81. The van der Waals surface area contributed by atoms with E-state index in [1.807, 2.05) is 0 Å². The third-order valence-electron chi connectivity index (χ3n) is 2.41. The summed E-state index contributed by atoms with van der Waals surface area (Å²) in [6.07, 6.45) is 2.32. The van der Waals surface area contributed by atoms with Crippen LogP contribution in [0.4, 0.5) is 5.82 Å². The molecule has 9 heteroatoms. The lowest BCUT2D eigenvalue weighted by Gasteiger charge is -2.02. The van der Waals surface area contributed by atoms with Crippen LogP contribution in [0.2, 0.25) is 0 Å². The van der Waals surface area contributed by atoms with E-state index in [1.54, 1.807) is 14.0 Å². The van der Waals surface area contributed by atoms with Gasteiger partial charge in [-0.3, -0.25) is 9.25 Å². The largest absolute Gasteiger partial charge is 0.477 e. The second-order valence-corrected chi connectivity index (χ2v) is 3.61. The van der Waals surface area contributed by atoms with Crippen molar-refractivity contribution in [2.45, 2.75) is 6.92 Å². The first-order valence-electron chi connectivity index (χ1n) is 4.87. The van der Waals surface area contributed by atoms with Crippen molar-refractivity contribution >= 4 is 11.8 Å². The van der Waals surface area contributed by atoms with Crippen LogP contribution < -0.4 is 0 Å². The Morgan fingerprint density at radius 2 is 2.22 bits per heavy atom. The molecule has 0 radical (unpaired) electrons. The van der Waals surface area contributed by atoms with Crippen LogP contribution in [0.1, 0.15) is 16.1 Å². The standard InChI is InChI=1S/C9H9N5O4/c1-5-7(9(15)16)8(12(2)11-5)13-3-6(10-4-13)14(17)18/h3-4H,1-2H3,(H,15,16). The van der Waals surface area contributed by atoms with Gasteiger partial charge in [-0.15, -0.1) is 0 Å². The molecule has 0 aliphatic rings. The Morgan fingerprint density at radius 3 is 2.72 bits per heavy atom. The van der Waals surface area contributed by atoms with E-state index in [4.69, 9.17) is 5.11 Å². The fourth-order valence-corrected chi connectivity index (χ4v) is 1.72. The maximum absolute atomic E-state index is 11.1. The van der Waals surface area contributed by atoms with E-state index in [2.05, 4.69) is 10.1 Å². The second-order valence-electron chi connectivity index (χ2n) is 3.61. The van der Waals surface area contributed by atoms with Crippen molar-refractivity contribution in [3.8, 4) is 5.82 Å². The van der Waals surface area contributed by atoms with Gasteiger partial charge in [-0.05, 0) is 16.8 Å². The molecule has 0 aromatic carbocycles. The number of imidazole rings is 1. The first-order valence-corrected chi connectivity index (χ1v) is 4.87. The number of carbonyl (C=O) groups is 1. The highest BCUT2D eigenvalue weighted by Gasteiger charge is 2.23. The number of aryl methyl sites for hydroxylation is 2. The van der Waals surface area contributed by atoms with E-state index in [0.717, 1.165) is 6.20 Å². The third-order valence-corrected chi connectivity index (χ3v) is 2.41. The molecule has 1 N–H and O–H groups in total. The number of rotatable bonds is 3. The van der Waals surface area contributed by atoms with Crippen LogP contribution in [0, 0.1) is 17.0 Å². The van der Waals surface area contributed by atoms with Gasteiger partial charge in [0.05, 0.1) is 5.69 Å². The highest BCUT2D eigenvalue weighted by Crippen LogP contribution is 2.19. The number of nitro groups is 1.